The molecule has 1 fully saturated rings. The molecule has 0 aliphatic heterocycles. The van der Waals surface area contributed by atoms with E-state index in [-0.39, 0.29) is 6.04 Å². The van der Waals surface area contributed by atoms with Gasteiger partial charge in [-0.1, -0.05) is 12.1 Å². The van der Waals surface area contributed by atoms with Gasteiger partial charge in [-0.25, -0.2) is 4.68 Å². The van der Waals surface area contributed by atoms with Crippen LogP contribution in [-0.4, -0.2) is 28.8 Å². The molecule has 1 aliphatic rings. The van der Waals surface area contributed by atoms with E-state index in [1.807, 2.05) is 24.0 Å². The molecular formula is C17H23N5. The zero-order valence-corrected chi connectivity index (χ0v) is 13.2. The maximum Gasteiger partial charge on any atom is 0.191 e. The van der Waals surface area contributed by atoms with E-state index in [4.69, 9.17) is 0 Å². The van der Waals surface area contributed by atoms with Crippen molar-refractivity contribution in [1.29, 1.82) is 0 Å². The fraction of sp³-hybridized carbons (Fsp3) is 0.412. The summed E-state index contributed by atoms with van der Waals surface area (Å²) in [4.78, 5) is 4.32. The third kappa shape index (κ3) is 3.30. The molecule has 116 valence electrons. The summed E-state index contributed by atoms with van der Waals surface area (Å²) in [6.07, 6.45) is 7.54. The van der Waals surface area contributed by atoms with E-state index in [1.54, 1.807) is 6.20 Å². The molecular weight excluding hydrogens is 274 g/mol. The summed E-state index contributed by atoms with van der Waals surface area (Å²) >= 11 is 0. The molecule has 0 spiro atoms. The number of nitrogens with one attached hydrogen (secondary N) is 2. The third-order valence-corrected chi connectivity index (χ3v) is 4.16. The van der Waals surface area contributed by atoms with Crippen LogP contribution >= 0.6 is 0 Å². The van der Waals surface area contributed by atoms with Gasteiger partial charge in [0.15, 0.2) is 5.96 Å². The Hall–Kier alpha value is -2.30. The largest absolute Gasteiger partial charge is 0.354 e. The van der Waals surface area contributed by atoms with Gasteiger partial charge in [-0.2, -0.15) is 5.10 Å². The highest BCUT2D eigenvalue weighted by Crippen LogP contribution is 2.19. The molecule has 0 saturated heterocycles. The minimum atomic E-state index is 0.182. The number of rotatable bonds is 4. The van der Waals surface area contributed by atoms with Crippen molar-refractivity contribution >= 4 is 5.96 Å². The monoisotopic (exact) mass is 297 g/mol. The van der Waals surface area contributed by atoms with Crippen molar-refractivity contribution in [3.63, 3.8) is 0 Å². The van der Waals surface area contributed by atoms with Gasteiger partial charge in [0, 0.05) is 25.5 Å². The van der Waals surface area contributed by atoms with Crippen LogP contribution in [0.3, 0.4) is 0 Å². The third-order valence-electron chi connectivity index (χ3n) is 4.16. The molecule has 1 atom stereocenters. The summed E-state index contributed by atoms with van der Waals surface area (Å²) in [5.41, 5.74) is 2.28. The molecule has 0 bridgehead atoms. The molecule has 1 aromatic heterocycles. The van der Waals surface area contributed by atoms with Gasteiger partial charge < -0.3 is 10.6 Å². The van der Waals surface area contributed by atoms with Crippen molar-refractivity contribution < 1.29 is 0 Å². The summed E-state index contributed by atoms with van der Waals surface area (Å²) in [6, 6.07) is 11.1. The number of aromatic nitrogens is 2. The van der Waals surface area contributed by atoms with Crippen LogP contribution in [0.2, 0.25) is 0 Å². The second-order valence-electron chi connectivity index (χ2n) is 5.76. The van der Waals surface area contributed by atoms with Crippen molar-refractivity contribution in [1.82, 2.24) is 20.4 Å². The lowest BCUT2D eigenvalue weighted by Crippen LogP contribution is -2.46. The lowest BCUT2D eigenvalue weighted by atomic mass is 9.93. The number of hydrogen-bond acceptors (Lipinski definition) is 2. The van der Waals surface area contributed by atoms with Crippen LogP contribution in [0.1, 0.15) is 37.8 Å². The fourth-order valence-electron chi connectivity index (χ4n) is 2.56. The highest BCUT2D eigenvalue weighted by Gasteiger charge is 2.19. The maximum absolute atomic E-state index is 4.32. The first-order valence-corrected chi connectivity index (χ1v) is 7.86. The Morgan fingerprint density at radius 2 is 2.23 bits per heavy atom. The van der Waals surface area contributed by atoms with Crippen molar-refractivity contribution in [3.05, 3.63) is 48.3 Å². The molecule has 22 heavy (non-hydrogen) atoms. The number of guanidine groups is 1. The van der Waals surface area contributed by atoms with Crippen LogP contribution in [-0.2, 0) is 0 Å². The van der Waals surface area contributed by atoms with Crippen molar-refractivity contribution in [2.24, 2.45) is 4.99 Å². The van der Waals surface area contributed by atoms with Crippen LogP contribution in [0.5, 0.6) is 0 Å². The molecule has 1 saturated carbocycles. The van der Waals surface area contributed by atoms with Crippen LogP contribution in [0.25, 0.3) is 5.69 Å². The molecule has 1 aromatic carbocycles. The molecule has 5 nitrogen and oxygen atoms in total. The SMILES string of the molecule is CN=C(NC1CCC1)NC(C)c1cccc(-n2cccn2)c1. The number of hydrogen-bond donors (Lipinski definition) is 2. The standard InChI is InChI=1S/C17H23N5/c1-13(20-17(18-2)21-15-7-4-8-15)14-6-3-9-16(12-14)22-11-5-10-19-22/h3,5-6,9-13,15H,4,7-8H2,1-2H3,(H2,18,20,21). The smallest absolute Gasteiger partial charge is 0.191 e. The molecule has 0 amide bonds. The topological polar surface area (TPSA) is 54.2 Å². The zero-order chi connectivity index (χ0) is 15.4. The van der Waals surface area contributed by atoms with Crippen LogP contribution < -0.4 is 10.6 Å². The molecule has 3 rings (SSSR count). The van der Waals surface area contributed by atoms with E-state index < -0.39 is 0 Å². The van der Waals surface area contributed by atoms with Gasteiger partial charge in [0.1, 0.15) is 0 Å². The van der Waals surface area contributed by atoms with Gasteiger partial charge >= 0.3 is 0 Å². The quantitative estimate of drug-likeness (QED) is 0.674. The Kier molecular flexibility index (Phi) is 4.42. The Morgan fingerprint density at radius 1 is 1.36 bits per heavy atom. The van der Waals surface area contributed by atoms with Gasteiger partial charge in [0.2, 0.25) is 0 Å². The molecule has 2 N–H and O–H groups in total. The van der Waals surface area contributed by atoms with Crippen LogP contribution in [0, 0.1) is 0 Å². The van der Waals surface area contributed by atoms with Gasteiger partial charge in [0.05, 0.1) is 11.7 Å². The maximum atomic E-state index is 4.32. The van der Waals surface area contributed by atoms with Crippen LogP contribution in [0.4, 0.5) is 0 Å². The lowest BCUT2D eigenvalue weighted by molar-refractivity contribution is 0.378. The van der Waals surface area contributed by atoms with E-state index >= 15 is 0 Å². The number of benzene rings is 1. The molecule has 1 heterocycles. The van der Waals surface area contributed by atoms with E-state index in [2.05, 4.69) is 51.9 Å². The summed E-state index contributed by atoms with van der Waals surface area (Å²) in [6.45, 7) is 2.15. The van der Waals surface area contributed by atoms with Gasteiger partial charge in [0.25, 0.3) is 0 Å². The summed E-state index contributed by atoms with van der Waals surface area (Å²) in [5, 5.41) is 11.2. The Balaban J connectivity index is 1.68. The molecule has 2 aromatic rings. The van der Waals surface area contributed by atoms with Gasteiger partial charge in [-0.05, 0) is 49.9 Å². The first-order valence-electron chi connectivity index (χ1n) is 7.86. The highest BCUT2D eigenvalue weighted by atomic mass is 15.3. The number of aliphatic imine (C=N–C) groups is 1. The Labute approximate surface area is 131 Å². The summed E-state index contributed by atoms with van der Waals surface area (Å²) < 4.78 is 1.87. The fourth-order valence-corrected chi connectivity index (χ4v) is 2.56. The second kappa shape index (κ2) is 6.64. The Morgan fingerprint density at radius 3 is 2.86 bits per heavy atom. The molecule has 1 aliphatic carbocycles. The number of nitrogens with zero attached hydrogens (tertiary/aromatic N) is 3. The second-order valence-corrected chi connectivity index (χ2v) is 5.76. The first-order chi connectivity index (χ1) is 10.8. The first kappa shape index (κ1) is 14.6. The van der Waals surface area contributed by atoms with Crippen LogP contribution in [0.15, 0.2) is 47.7 Å². The van der Waals surface area contributed by atoms with Gasteiger partial charge in [-0.3, -0.25) is 4.99 Å². The average Bonchev–Trinajstić information content (AvgIpc) is 3.04. The van der Waals surface area contributed by atoms with Crippen molar-refractivity contribution in [2.45, 2.75) is 38.3 Å². The summed E-state index contributed by atoms with van der Waals surface area (Å²) in [5.74, 6) is 0.877. The van der Waals surface area contributed by atoms with E-state index in [0.717, 1.165) is 11.6 Å². The normalized spacial score (nSPS) is 16.9. The molecule has 1 unspecified atom stereocenters. The zero-order valence-electron chi connectivity index (χ0n) is 13.2. The molecule has 5 heteroatoms. The van der Waals surface area contributed by atoms with Crippen molar-refractivity contribution in [2.75, 3.05) is 7.05 Å². The summed E-state index contributed by atoms with van der Waals surface area (Å²) in [7, 11) is 1.82. The van der Waals surface area contributed by atoms with E-state index in [9.17, 15) is 0 Å². The minimum Gasteiger partial charge on any atom is -0.354 e. The molecule has 0 radical (unpaired) electrons. The lowest BCUT2D eigenvalue weighted by Gasteiger charge is -2.29. The van der Waals surface area contributed by atoms with E-state index in [0.29, 0.717) is 6.04 Å². The van der Waals surface area contributed by atoms with E-state index in [1.165, 1.54) is 24.8 Å². The predicted molar refractivity (Wildman–Crippen MR) is 89.2 cm³/mol. The predicted octanol–water partition coefficient (Wildman–Crippen LogP) is 2.65. The average molecular weight is 297 g/mol. The van der Waals surface area contributed by atoms with Gasteiger partial charge in [-0.15, -0.1) is 0 Å². The van der Waals surface area contributed by atoms with Crippen molar-refractivity contribution in [3.8, 4) is 5.69 Å². The minimum absolute atomic E-state index is 0.182. The Bertz CT molecular complexity index is 628. The highest BCUT2D eigenvalue weighted by molar-refractivity contribution is 5.80.